The first-order chi connectivity index (χ1) is 11.0. The largest absolute Gasteiger partial charge is 0.359 e. The fourth-order valence-electron chi connectivity index (χ4n) is 2.45. The highest BCUT2D eigenvalue weighted by molar-refractivity contribution is 7.91. The molecule has 1 fully saturated rings. The zero-order valence-corrected chi connectivity index (χ0v) is 14.4. The molecule has 126 valence electrons. The van der Waals surface area contributed by atoms with Crippen LogP contribution < -0.4 is 16.2 Å². The zero-order chi connectivity index (χ0) is 16.7. The van der Waals surface area contributed by atoms with Crippen molar-refractivity contribution in [2.45, 2.75) is 43.0 Å². The van der Waals surface area contributed by atoms with Crippen molar-refractivity contribution in [3.63, 3.8) is 0 Å². The Kier molecular flexibility index (Phi) is 6.35. The summed E-state index contributed by atoms with van der Waals surface area (Å²) in [6.45, 7) is 0. The molecule has 0 heterocycles. The van der Waals surface area contributed by atoms with Crippen LogP contribution in [0.1, 0.15) is 32.1 Å². The van der Waals surface area contributed by atoms with E-state index in [1.165, 1.54) is 25.0 Å². The summed E-state index contributed by atoms with van der Waals surface area (Å²) in [4.78, 5) is 12.0. The first-order valence-corrected chi connectivity index (χ1v) is 9.66. The molecule has 0 atom stereocenters. The first-order valence-electron chi connectivity index (χ1n) is 7.60. The van der Waals surface area contributed by atoms with E-state index in [4.69, 9.17) is 12.2 Å². The van der Waals surface area contributed by atoms with Crippen LogP contribution in [0, 0.1) is 0 Å². The minimum absolute atomic E-state index is 0.129. The van der Waals surface area contributed by atoms with Gasteiger partial charge in [0.15, 0.2) is 14.9 Å². The molecule has 1 amide bonds. The van der Waals surface area contributed by atoms with Crippen LogP contribution in [0.3, 0.4) is 0 Å². The number of nitrogens with one attached hydrogen (secondary N) is 3. The molecular weight excluding hydrogens is 334 g/mol. The summed E-state index contributed by atoms with van der Waals surface area (Å²) in [5, 5.41) is 3.48. The predicted octanol–water partition coefficient (Wildman–Crippen LogP) is 1.29. The quantitative estimate of drug-likeness (QED) is 0.545. The number of thiocarbonyl (C=S) groups is 1. The third-order valence-corrected chi connectivity index (χ3v) is 5.66. The molecule has 0 bridgehead atoms. The minimum atomic E-state index is -3.45. The average molecular weight is 355 g/mol. The topological polar surface area (TPSA) is 87.3 Å². The highest BCUT2D eigenvalue weighted by Gasteiger charge is 2.17. The van der Waals surface area contributed by atoms with Crippen LogP contribution in [-0.2, 0) is 14.6 Å². The summed E-state index contributed by atoms with van der Waals surface area (Å²) < 4.78 is 24.1. The van der Waals surface area contributed by atoms with Gasteiger partial charge in [-0.25, -0.2) is 8.42 Å². The second-order valence-electron chi connectivity index (χ2n) is 5.51. The highest BCUT2D eigenvalue weighted by atomic mass is 32.2. The van der Waals surface area contributed by atoms with E-state index in [1.54, 1.807) is 18.2 Å². The zero-order valence-electron chi connectivity index (χ0n) is 12.7. The number of hydrogen-bond donors (Lipinski definition) is 3. The Bertz CT molecular complexity index is 641. The van der Waals surface area contributed by atoms with Gasteiger partial charge in [-0.2, -0.15) is 0 Å². The van der Waals surface area contributed by atoms with Crippen molar-refractivity contribution in [3.05, 3.63) is 30.3 Å². The Morgan fingerprint density at radius 3 is 2.43 bits per heavy atom. The van der Waals surface area contributed by atoms with Gasteiger partial charge in [0.05, 0.1) is 10.6 Å². The molecule has 1 aliphatic rings. The van der Waals surface area contributed by atoms with Crippen molar-refractivity contribution in [2.75, 3.05) is 5.75 Å². The molecule has 1 aliphatic carbocycles. The summed E-state index contributed by atoms with van der Waals surface area (Å²) in [5.41, 5.74) is 5.03. The van der Waals surface area contributed by atoms with Crippen LogP contribution in [0.25, 0.3) is 0 Å². The van der Waals surface area contributed by atoms with Gasteiger partial charge in [-0.1, -0.05) is 31.0 Å². The number of hydrogen-bond acceptors (Lipinski definition) is 4. The van der Waals surface area contributed by atoms with E-state index in [0.717, 1.165) is 12.8 Å². The second-order valence-corrected chi connectivity index (χ2v) is 8.03. The third kappa shape index (κ3) is 5.80. The lowest BCUT2D eigenvalue weighted by Crippen LogP contribution is -2.49. The van der Waals surface area contributed by atoms with Gasteiger partial charge in [0.1, 0.15) is 0 Å². The minimum Gasteiger partial charge on any atom is -0.359 e. The third-order valence-electron chi connectivity index (χ3n) is 3.71. The molecule has 6 nitrogen and oxygen atoms in total. The SMILES string of the molecule is O=C(CCS(=O)(=O)c1ccccc1)NNC(=S)NC1CCCC1. The van der Waals surface area contributed by atoms with E-state index < -0.39 is 15.7 Å². The maximum absolute atomic E-state index is 12.1. The number of rotatable bonds is 5. The van der Waals surface area contributed by atoms with Gasteiger partial charge >= 0.3 is 0 Å². The van der Waals surface area contributed by atoms with Crippen LogP contribution in [0.5, 0.6) is 0 Å². The standard InChI is InChI=1S/C15H21N3O3S2/c19-14(17-18-15(22)16-12-6-4-5-7-12)10-11-23(20,21)13-8-2-1-3-9-13/h1-3,8-9,12H,4-7,10-11H2,(H,17,19)(H2,16,18,22). The molecule has 3 N–H and O–H groups in total. The first kappa shape index (κ1) is 17.7. The maximum Gasteiger partial charge on any atom is 0.239 e. The van der Waals surface area contributed by atoms with Gasteiger partial charge in [-0.15, -0.1) is 0 Å². The molecule has 1 saturated carbocycles. The molecule has 0 spiro atoms. The Balaban J connectivity index is 1.71. The van der Waals surface area contributed by atoms with Gasteiger partial charge in [0.25, 0.3) is 0 Å². The number of sulfone groups is 1. The van der Waals surface area contributed by atoms with E-state index in [2.05, 4.69) is 16.2 Å². The number of carbonyl (C=O) groups is 1. The molecular formula is C15H21N3O3S2. The fourth-order valence-corrected chi connectivity index (χ4v) is 3.93. The normalized spacial score (nSPS) is 15.1. The monoisotopic (exact) mass is 355 g/mol. The average Bonchev–Trinajstić information content (AvgIpc) is 3.05. The molecule has 23 heavy (non-hydrogen) atoms. The van der Waals surface area contributed by atoms with Crippen molar-refractivity contribution in [3.8, 4) is 0 Å². The molecule has 1 aromatic carbocycles. The maximum atomic E-state index is 12.1. The summed E-state index contributed by atoms with van der Waals surface area (Å²) in [6, 6.07) is 8.44. The fraction of sp³-hybridized carbons (Fsp3) is 0.467. The van der Waals surface area contributed by atoms with E-state index in [9.17, 15) is 13.2 Å². The summed E-state index contributed by atoms with van der Waals surface area (Å²) in [5.74, 6) is -0.659. The Labute approximate surface area is 141 Å². The van der Waals surface area contributed by atoms with E-state index in [1.807, 2.05) is 0 Å². The van der Waals surface area contributed by atoms with Crippen molar-refractivity contribution < 1.29 is 13.2 Å². The van der Waals surface area contributed by atoms with Crippen LogP contribution in [-0.4, -0.2) is 31.2 Å². The molecule has 8 heteroatoms. The lowest BCUT2D eigenvalue weighted by atomic mass is 10.3. The Hall–Kier alpha value is -1.67. The van der Waals surface area contributed by atoms with Gasteiger partial charge < -0.3 is 5.32 Å². The Morgan fingerprint density at radius 2 is 1.78 bits per heavy atom. The van der Waals surface area contributed by atoms with E-state index in [0.29, 0.717) is 11.2 Å². The molecule has 0 unspecified atom stereocenters. The molecule has 0 aromatic heterocycles. The molecule has 0 aliphatic heterocycles. The van der Waals surface area contributed by atoms with Gasteiger partial charge in [-0.05, 0) is 37.2 Å². The molecule has 1 aromatic rings. The van der Waals surface area contributed by atoms with Crippen molar-refractivity contribution in [1.29, 1.82) is 0 Å². The summed E-state index contributed by atoms with van der Waals surface area (Å²) >= 11 is 5.09. The predicted molar refractivity (Wildman–Crippen MR) is 92.4 cm³/mol. The lowest BCUT2D eigenvalue weighted by Gasteiger charge is -2.16. The number of amides is 1. The highest BCUT2D eigenvalue weighted by Crippen LogP contribution is 2.17. The van der Waals surface area contributed by atoms with Crippen LogP contribution in [0.4, 0.5) is 0 Å². The van der Waals surface area contributed by atoms with Crippen molar-refractivity contribution in [1.82, 2.24) is 16.2 Å². The molecule has 2 rings (SSSR count). The van der Waals surface area contributed by atoms with Crippen molar-refractivity contribution >= 4 is 33.1 Å². The van der Waals surface area contributed by atoms with Crippen LogP contribution in [0.2, 0.25) is 0 Å². The summed E-state index contributed by atoms with van der Waals surface area (Å²) in [6.07, 6.45) is 4.39. The smallest absolute Gasteiger partial charge is 0.239 e. The van der Waals surface area contributed by atoms with Gasteiger partial charge in [0.2, 0.25) is 5.91 Å². The van der Waals surface area contributed by atoms with Gasteiger partial charge in [-0.3, -0.25) is 15.6 Å². The van der Waals surface area contributed by atoms with Crippen LogP contribution in [0.15, 0.2) is 35.2 Å². The number of hydrazine groups is 1. The lowest BCUT2D eigenvalue weighted by molar-refractivity contribution is -0.121. The van der Waals surface area contributed by atoms with Crippen LogP contribution >= 0.6 is 12.2 Å². The van der Waals surface area contributed by atoms with Gasteiger partial charge in [0, 0.05) is 12.5 Å². The number of benzene rings is 1. The van der Waals surface area contributed by atoms with Crippen molar-refractivity contribution in [2.24, 2.45) is 0 Å². The van der Waals surface area contributed by atoms with E-state index >= 15 is 0 Å². The Morgan fingerprint density at radius 1 is 1.13 bits per heavy atom. The molecule has 0 saturated heterocycles. The second kappa shape index (κ2) is 8.26. The summed E-state index contributed by atoms with van der Waals surface area (Å²) in [7, 11) is -3.45. The van der Waals surface area contributed by atoms with E-state index in [-0.39, 0.29) is 17.1 Å². The number of carbonyl (C=O) groups excluding carboxylic acids is 1. The molecule has 0 radical (unpaired) electrons.